The van der Waals surface area contributed by atoms with E-state index in [9.17, 15) is 9.59 Å². The molecule has 2 N–H and O–H groups in total. The molecule has 2 rings (SSSR count). The van der Waals surface area contributed by atoms with E-state index in [2.05, 4.69) is 11.6 Å². The highest BCUT2D eigenvalue weighted by molar-refractivity contribution is 5.94. The maximum atomic E-state index is 11.5. The Bertz CT molecular complexity index is 640. The third kappa shape index (κ3) is 1.50. The van der Waals surface area contributed by atoms with E-state index in [0.29, 0.717) is 10.9 Å². The summed E-state index contributed by atoms with van der Waals surface area (Å²) in [5.41, 5.74) is 0.516. The molecule has 0 amide bonds. The zero-order valence-corrected chi connectivity index (χ0v) is 8.36. The van der Waals surface area contributed by atoms with Crippen molar-refractivity contribution in [2.45, 2.75) is 0 Å². The van der Waals surface area contributed by atoms with E-state index in [4.69, 9.17) is 5.11 Å². The number of aromatic carboxylic acids is 1. The lowest BCUT2D eigenvalue weighted by Crippen LogP contribution is -2.17. The van der Waals surface area contributed by atoms with Crippen LogP contribution in [0, 0.1) is 0 Å². The molecular formula is C12H9NO3. The van der Waals surface area contributed by atoms with Crippen LogP contribution in [-0.4, -0.2) is 16.1 Å². The molecule has 16 heavy (non-hydrogen) atoms. The monoisotopic (exact) mass is 215 g/mol. The molecule has 0 saturated heterocycles. The molecule has 1 heterocycles. The quantitative estimate of drug-likeness (QED) is 0.803. The Morgan fingerprint density at radius 1 is 1.44 bits per heavy atom. The molecule has 1 aromatic carbocycles. The van der Waals surface area contributed by atoms with Crippen LogP contribution in [0.1, 0.15) is 15.9 Å². The fourth-order valence-electron chi connectivity index (χ4n) is 1.58. The second-order valence-electron chi connectivity index (χ2n) is 3.33. The largest absolute Gasteiger partial charge is 0.477 e. The van der Waals surface area contributed by atoms with Gasteiger partial charge in [0.05, 0.1) is 5.52 Å². The molecule has 0 radical (unpaired) electrons. The lowest BCUT2D eigenvalue weighted by atomic mass is 10.1. The predicted molar refractivity (Wildman–Crippen MR) is 61.6 cm³/mol. The van der Waals surface area contributed by atoms with Gasteiger partial charge in [0.2, 0.25) is 0 Å². The second kappa shape index (κ2) is 3.66. The zero-order valence-electron chi connectivity index (χ0n) is 8.36. The predicted octanol–water partition coefficient (Wildman–Crippen LogP) is 1.87. The lowest BCUT2D eigenvalue weighted by molar-refractivity contribution is 0.0695. The summed E-state index contributed by atoms with van der Waals surface area (Å²) in [6.07, 6.45) is 1.61. The second-order valence-corrected chi connectivity index (χ2v) is 3.33. The molecule has 0 aliphatic carbocycles. The summed E-state index contributed by atoms with van der Waals surface area (Å²) >= 11 is 0. The van der Waals surface area contributed by atoms with Crippen LogP contribution in [0.15, 0.2) is 35.6 Å². The van der Waals surface area contributed by atoms with Crippen LogP contribution in [-0.2, 0) is 0 Å². The zero-order chi connectivity index (χ0) is 11.7. The summed E-state index contributed by atoms with van der Waals surface area (Å²) in [4.78, 5) is 24.8. The Hall–Kier alpha value is -2.36. The number of aromatic amines is 1. The number of carboxylic acid groups (broad SMARTS) is 1. The number of nitrogens with one attached hydrogen (secondary N) is 1. The van der Waals surface area contributed by atoms with Gasteiger partial charge in [-0.3, -0.25) is 4.79 Å². The third-order valence-corrected chi connectivity index (χ3v) is 2.36. The number of fused-ring (bicyclic) bond motifs is 1. The van der Waals surface area contributed by atoms with Crippen LogP contribution < -0.4 is 5.56 Å². The number of benzene rings is 1. The normalized spacial score (nSPS) is 10.2. The first-order valence-electron chi connectivity index (χ1n) is 4.65. The molecule has 1 aromatic heterocycles. The molecule has 0 spiro atoms. The highest BCUT2D eigenvalue weighted by atomic mass is 16.4. The summed E-state index contributed by atoms with van der Waals surface area (Å²) in [5.74, 6) is -1.23. The highest BCUT2D eigenvalue weighted by Crippen LogP contribution is 2.16. The number of hydrogen-bond acceptors (Lipinski definition) is 2. The molecule has 0 unspecified atom stereocenters. The Morgan fingerprint density at radius 3 is 2.81 bits per heavy atom. The van der Waals surface area contributed by atoms with Crippen molar-refractivity contribution < 1.29 is 9.90 Å². The molecule has 0 atom stereocenters. The first kappa shape index (κ1) is 10.2. The van der Waals surface area contributed by atoms with Gasteiger partial charge in [-0.05, 0) is 17.0 Å². The number of para-hydroxylation sites is 1. The maximum Gasteiger partial charge on any atom is 0.341 e. The minimum absolute atomic E-state index is 0.256. The van der Waals surface area contributed by atoms with Crippen LogP contribution in [0.5, 0.6) is 0 Å². The molecular weight excluding hydrogens is 206 g/mol. The lowest BCUT2D eigenvalue weighted by Gasteiger charge is -2.02. The van der Waals surface area contributed by atoms with Gasteiger partial charge in [-0.1, -0.05) is 30.9 Å². The maximum absolute atomic E-state index is 11.5. The van der Waals surface area contributed by atoms with E-state index in [-0.39, 0.29) is 5.56 Å². The Balaban J connectivity index is 2.88. The van der Waals surface area contributed by atoms with E-state index >= 15 is 0 Å². The van der Waals surface area contributed by atoms with E-state index in [0.717, 1.165) is 5.56 Å². The van der Waals surface area contributed by atoms with Crippen molar-refractivity contribution in [2.75, 3.05) is 0 Å². The smallest absolute Gasteiger partial charge is 0.341 e. The fraction of sp³-hybridized carbons (Fsp3) is 0. The van der Waals surface area contributed by atoms with E-state index in [1.165, 1.54) is 6.07 Å². The minimum Gasteiger partial charge on any atom is -0.477 e. The van der Waals surface area contributed by atoms with Crippen molar-refractivity contribution in [3.8, 4) is 0 Å². The fourth-order valence-corrected chi connectivity index (χ4v) is 1.58. The van der Waals surface area contributed by atoms with Crippen molar-refractivity contribution in [1.82, 2.24) is 4.98 Å². The summed E-state index contributed by atoms with van der Waals surface area (Å²) in [6, 6.07) is 6.68. The van der Waals surface area contributed by atoms with Crippen LogP contribution >= 0.6 is 0 Å². The van der Waals surface area contributed by atoms with Gasteiger partial charge >= 0.3 is 5.97 Å². The van der Waals surface area contributed by atoms with Gasteiger partial charge in [-0.25, -0.2) is 4.79 Å². The number of H-pyrrole nitrogens is 1. The van der Waals surface area contributed by atoms with Gasteiger partial charge in [-0.2, -0.15) is 0 Å². The molecule has 0 aliphatic rings. The molecule has 0 saturated carbocycles. The molecule has 80 valence electrons. The van der Waals surface area contributed by atoms with Crippen molar-refractivity contribution in [3.63, 3.8) is 0 Å². The van der Waals surface area contributed by atoms with Crippen LogP contribution in [0.4, 0.5) is 0 Å². The summed E-state index contributed by atoms with van der Waals surface area (Å²) in [6.45, 7) is 3.63. The van der Waals surface area contributed by atoms with Gasteiger partial charge in [0, 0.05) is 0 Å². The molecule has 0 aliphatic heterocycles. The third-order valence-electron chi connectivity index (χ3n) is 2.36. The van der Waals surface area contributed by atoms with E-state index in [1.807, 2.05) is 0 Å². The van der Waals surface area contributed by atoms with Crippen molar-refractivity contribution >= 4 is 22.9 Å². The molecule has 0 bridgehead atoms. The van der Waals surface area contributed by atoms with Crippen LogP contribution in [0.3, 0.4) is 0 Å². The summed E-state index contributed by atoms with van der Waals surface area (Å²) in [5, 5.41) is 9.49. The first-order valence-corrected chi connectivity index (χ1v) is 4.65. The van der Waals surface area contributed by atoms with E-state index in [1.54, 1.807) is 24.3 Å². The average Bonchev–Trinajstić information content (AvgIpc) is 2.27. The molecule has 4 nitrogen and oxygen atoms in total. The topological polar surface area (TPSA) is 70.2 Å². The first-order chi connectivity index (χ1) is 7.63. The Kier molecular flexibility index (Phi) is 2.32. The van der Waals surface area contributed by atoms with Gasteiger partial charge < -0.3 is 10.1 Å². The number of carbonyl (C=O) groups is 1. The number of hydrogen-bond donors (Lipinski definition) is 2. The van der Waals surface area contributed by atoms with Gasteiger partial charge in [0.25, 0.3) is 5.56 Å². The number of pyridine rings is 1. The van der Waals surface area contributed by atoms with Crippen molar-refractivity contribution in [1.29, 1.82) is 0 Å². The van der Waals surface area contributed by atoms with E-state index < -0.39 is 11.5 Å². The van der Waals surface area contributed by atoms with Gasteiger partial charge in [0.1, 0.15) is 5.56 Å². The van der Waals surface area contributed by atoms with Gasteiger partial charge in [-0.15, -0.1) is 0 Å². The average molecular weight is 215 g/mol. The van der Waals surface area contributed by atoms with Crippen LogP contribution in [0.25, 0.3) is 17.0 Å². The Morgan fingerprint density at radius 2 is 2.19 bits per heavy atom. The number of aromatic nitrogens is 1. The molecule has 2 aromatic rings. The molecule has 4 heteroatoms. The minimum atomic E-state index is -1.23. The molecule has 0 fully saturated rings. The Labute approximate surface area is 90.9 Å². The summed E-state index contributed by atoms with van der Waals surface area (Å²) < 4.78 is 0. The number of rotatable bonds is 2. The number of carboxylic acids is 1. The van der Waals surface area contributed by atoms with Crippen LogP contribution in [0.2, 0.25) is 0 Å². The highest BCUT2D eigenvalue weighted by Gasteiger charge is 2.10. The van der Waals surface area contributed by atoms with Crippen molar-refractivity contribution in [3.05, 3.63) is 52.3 Å². The van der Waals surface area contributed by atoms with Crippen molar-refractivity contribution in [2.24, 2.45) is 0 Å². The standard InChI is InChI=1S/C12H9NO3/c1-2-7-4-3-5-8-6-9(12(15)16)11(14)13-10(7)8/h2-6H,1H2,(H,13,14)(H,15,16). The summed E-state index contributed by atoms with van der Waals surface area (Å²) in [7, 11) is 0. The van der Waals surface area contributed by atoms with Gasteiger partial charge in [0.15, 0.2) is 0 Å². The SMILES string of the molecule is C=Cc1cccc2cc(C(=O)O)c(=O)[nH]c12.